The van der Waals surface area contributed by atoms with Gasteiger partial charge in [0.1, 0.15) is 0 Å². The van der Waals surface area contributed by atoms with Gasteiger partial charge in [0.2, 0.25) is 0 Å². The van der Waals surface area contributed by atoms with Crippen LogP contribution in [-0.2, 0) is 6.54 Å². The van der Waals surface area contributed by atoms with Crippen LogP contribution < -0.4 is 4.74 Å². The zero-order valence-corrected chi connectivity index (χ0v) is 12.9. The van der Waals surface area contributed by atoms with E-state index in [-0.39, 0.29) is 5.75 Å². The van der Waals surface area contributed by atoms with E-state index in [0.717, 1.165) is 18.4 Å². The molecule has 0 radical (unpaired) electrons. The van der Waals surface area contributed by atoms with Crippen LogP contribution in [0.25, 0.3) is 0 Å². The largest absolute Gasteiger partial charge is 0.504 e. The van der Waals surface area contributed by atoms with E-state index in [9.17, 15) is 5.11 Å². The van der Waals surface area contributed by atoms with Crippen molar-refractivity contribution < 1.29 is 9.84 Å². The minimum absolute atomic E-state index is 0.231. The third-order valence-corrected chi connectivity index (χ3v) is 4.31. The summed E-state index contributed by atoms with van der Waals surface area (Å²) in [4.78, 5) is 2.50. The highest BCUT2D eigenvalue weighted by Crippen LogP contribution is 2.29. The predicted octanol–water partition coefficient (Wildman–Crippen LogP) is 3.66. The molecule has 3 nitrogen and oxygen atoms in total. The minimum Gasteiger partial charge on any atom is -0.504 e. The third kappa shape index (κ3) is 3.89. The Kier molecular flexibility index (Phi) is 5.30. The van der Waals surface area contributed by atoms with Crippen LogP contribution in [-0.4, -0.2) is 29.7 Å². The molecule has 0 aliphatic carbocycles. The van der Waals surface area contributed by atoms with Crippen LogP contribution in [0.5, 0.6) is 11.5 Å². The minimum atomic E-state index is 0.231. The summed E-state index contributed by atoms with van der Waals surface area (Å²) < 4.78 is 5.45. The number of phenolic OH excluding ortho intramolecular Hbond substituents is 1. The lowest BCUT2D eigenvalue weighted by atomic mass is 9.86. The first kappa shape index (κ1) is 15.2. The second-order valence-corrected chi connectivity index (χ2v) is 6.09. The van der Waals surface area contributed by atoms with Crippen LogP contribution in [0.1, 0.15) is 39.2 Å². The molecule has 20 heavy (non-hydrogen) atoms. The fourth-order valence-electron chi connectivity index (χ4n) is 2.96. The van der Waals surface area contributed by atoms with Gasteiger partial charge in [-0.2, -0.15) is 0 Å². The molecular formula is C17H27NO2. The fourth-order valence-corrected chi connectivity index (χ4v) is 2.96. The molecule has 0 aromatic heterocycles. The normalized spacial score (nSPS) is 17.6. The van der Waals surface area contributed by atoms with Crippen LogP contribution in [0.4, 0.5) is 0 Å². The van der Waals surface area contributed by atoms with Crippen molar-refractivity contribution in [3.05, 3.63) is 23.8 Å². The Labute approximate surface area is 122 Å². The molecule has 112 valence electrons. The van der Waals surface area contributed by atoms with E-state index >= 15 is 0 Å². The third-order valence-electron chi connectivity index (χ3n) is 4.31. The first-order valence-corrected chi connectivity index (χ1v) is 7.77. The number of aromatic hydroxyl groups is 1. The van der Waals surface area contributed by atoms with E-state index in [1.807, 2.05) is 19.1 Å². The van der Waals surface area contributed by atoms with E-state index in [2.05, 4.69) is 18.7 Å². The van der Waals surface area contributed by atoms with Gasteiger partial charge in [-0.1, -0.05) is 19.9 Å². The van der Waals surface area contributed by atoms with Crippen LogP contribution in [0, 0.1) is 11.8 Å². The molecule has 2 rings (SSSR count). The van der Waals surface area contributed by atoms with Crippen molar-refractivity contribution in [1.82, 2.24) is 4.90 Å². The highest BCUT2D eigenvalue weighted by molar-refractivity contribution is 5.41. The van der Waals surface area contributed by atoms with Gasteiger partial charge in [-0.3, -0.25) is 4.90 Å². The predicted molar refractivity (Wildman–Crippen MR) is 82.1 cm³/mol. The van der Waals surface area contributed by atoms with Gasteiger partial charge in [0.15, 0.2) is 11.5 Å². The average Bonchev–Trinajstić information content (AvgIpc) is 2.43. The maximum atomic E-state index is 9.73. The Morgan fingerprint density at radius 2 is 2.00 bits per heavy atom. The Balaban J connectivity index is 1.92. The Morgan fingerprint density at radius 1 is 1.30 bits per heavy atom. The topological polar surface area (TPSA) is 32.7 Å². The molecule has 0 unspecified atom stereocenters. The summed E-state index contributed by atoms with van der Waals surface area (Å²) in [6.45, 7) is 10.5. The highest BCUT2D eigenvalue weighted by Gasteiger charge is 2.21. The molecular weight excluding hydrogens is 250 g/mol. The van der Waals surface area contributed by atoms with Crippen molar-refractivity contribution in [3.63, 3.8) is 0 Å². The smallest absolute Gasteiger partial charge is 0.161 e. The Bertz CT molecular complexity index is 423. The van der Waals surface area contributed by atoms with E-state index in [0.29, 0.717) is 12.4 Å². The molecule has 1 saturated heterocycles. The summed E-state index contributed by atoms with van der Waals surface area (Å²) >= 11 is 0. The lowest BCUT2D eigenvalue weighted by molar-refractivity contribution is 0.152. The quantitative estimate of drug-likeness (QED) is 0.891. The number of hydrogen-bond acceptors (Lipinski definition) is 3. The summed E-state index contributed by atoms with van der Waals surface area (Å²) in [7, 11) is 0. The second-order valence-electron chi connectivity index (χ2n) is 6.09. The van der Waals surface area contributed by atoms with Gasteiger partial charge in [-0.05, 0) is 62.4 Å². The number of piperidine rings is 1. The van der Waals surface area contributed by atoms with Crippen LogP contribution in [0.2, 0.25) is 0 Å². The van der Waals surface area contributed by atoms with Gasteiger partial charge >= 0.3 is 0 Å². The SMILES string of the molecule is CCOc1cc(CN2CCC(C(C)C)CC2)ccc1O. The summed E-state index contributed by atoms with van der Waals surface area (Å²) in [5.74, 6) is 2.51. The molecule has 1 aromatic rings. The molecule has 0 saturated carbocycles. The number of nitrogens with zero attached hydrogens (tertiary/aromatic N) is 1. The monoisotopic (exact) mass is 277 g/mol. The van der Waals surface area contributed by atoms with E-state index in [1.165, 1.54) is 31.5 Å². The molecule has 1 fully saturated rings. The summed E-state index contributed by atoms with van der Waals surface area (Å²) in [5, 5.41) is 9.73. The van der Waals surface area contributed by atoms with Gasteiger partial charge in [0.05, 0.1) is 6.61 Å². The first-order chi connectivity index (χ1) is 9.60. The molecule has 1 aromatic carbocycles. The van der Waals surface area contributed by atoms with Crippen molar-refractivity contribution >= 4 is 0 Å². The molecule has 1 N–H and O–H groups in total. The van der Waals surface area contributed by atoms with Gasteiger partial charge in [0.25, 0.3) is 0 Å². The maximum Gasteiger partial charge on any atom is 0.161 e. The van der Waals surface area contributed by atoms with E-state index < -0.39 is 0 Å². The van der Waals surface area contributed by atoms with Gasteiger partial charge < -0.3 is 9.84 Å². The van der Waals surface area contributed by atoms with Crippen molar-refractivity contribution in [2.24, 2.45) is 11.8 Å². The summed E-state index contributed by atoms with van der Waals surface area (Å²) in [5.41, 5.74) is 1.22. The molecule has 1 aliphatic heterocycles. The molecule has 0 spiro atoms. The molecule has 3 heteroatoms. The molecule has 1 heterocycles. The lowest BCUT2D eigenvalue weighted by Crippen LogP contribution is -2.34. The molecule has 0 bridgehead atoms. The molecule has 1 aliphatic rings. The summed E-state index contributed by atoms with van der Waals surface area (Å²) in [6, 6.07) is 5.70. The number of benzene rings is 1. The average molecular weight is 277 g/mol. The number of hydrogen-bond donors (Lipinski definition) is 1. The standard InChI is InChI=1S/C17H27NO2/c1-4-20-17-11-14(5-6-16(17)19)12-18-9-7-15(8-10-18)13(2)3/h5-6,11,13,15,19H,4,7-10,12H2,1-3H3. The van der Waals surface area contributed by atoms with E-state index in [4.69, 9.17) is 4.74 Å². The van der Waals surface area contributed by atoms with Gasteiger partial charge in [-0.25, -0.2) is 0 Å². The molecule has 0 amide bonds. The number of phenols is 1. The van der Waals surface area contributed by atoms with Crippen LogP contribution >= 0.6 is 0 Å². The second kappa shape index (κ2) is 6.98. The van der Waals surface area contributed by atoms with Crippen molar-refractivity contribution in [1.29, 1.82) is 0 Å². The van der Waals surface area contributed by atoms with Crippen molar-refractivity contribution in [2.75, 3.05) is 19.7 Å². The fraction of sp³-hybridized carbons (Fsp3) is 0.647. The Morgan fingerprint density at radius 3 is 2.60 bits per heavy atom. The van der Waals surface area contributed by atoms with Crippen LogP contribution in [0.15, 0.2) is 18.2 Å². The number of ether oxygens (including phenoxy) is 1. The first-order valence-electron chi connectivity index (χ1n) is 7.77. The zero-order chi connectivity index (χ0) is 14.5. The van der Waals surface area contributed by atoms with Gasteiger partial charge in [-0.15, -0.1) is 0 Å². The van der Waals surface area contributed by atoms with Crippen molar-refractivity contribution in [3.8, 4) is 11.5 Å². The van der Waals surface area contributed by atoms with Crippen LogP contribution in [0.3, 0.4) is 0 Å². The summed E-state index contributed by atoms with van der Waals surface area (Å²) in [6.07, 6.45) is 2.60. The Hall–Kier alpha value is -1.22. The zero-order valence-electron chi connectivity index (χ0n) is 12.9. The van der Waals surface area contributed by atoms with Gasteiger partial charge in [0, 0.05) is 6.54 Å². The maximum absolute atomic E-state index is 9.73. The van der Waals surface area contributed by atoms with Crippen molar-refractivity contribution in [2.45, 2.75) is 40.2 Å². The highest BCUT2D eigenvalue weighted by atomic mass is 16.5. The lowest BCUT2D eigenvalue weighted by Gasteiger charge is -2.33. The number of likely N-dealkylation sites (tertiary alicyclic amines) is 1. The number of rotatable bonds is 5. The molecule has 0 atom stereocenters. The van der Waals surface area contributed by atoms with E-state index in [1.54, 1.807) is 6.07 Å².